The van der Waals surface area contributed by atoms with Gasteiger partial charge >= 0.3 is 10.2 Å². The molecule has 11 heteroatoms. The fourth-order valence-electron chi connectivity index (χ4n) is 2.93. The Hall–Kier alpha value is -3.34. The van der Waals surface area contributed by atoms with Gasteiger partial charge in [-0.15, -0.1) is 4.40 Å². The van der Waals surface area contributed by atoms with Crippen molar-refractivity contribution in [1.82, 2.24) is 14.1 Å². The Kier molecular flexibility index (Phi) is 5.83. The summed E-state index contributed by atoms with van der Waals surface area (Å²) in [6.07, 6.45) is 3.14. The molecule has 3 rings (SSSR count). The van der Waals surface area contributed by atoms with E-state index in [4.69, 9.17) is 9.47 Å². The summed E-state index contributed by atoms with van der Waals surface area (Å²) in [5.74, 6) is 0.324. The van der Waals surface area contributed by atoms with E-state index in [-0.39, 0.29) is 11.4 Å². The van der Waals surface area contributed by atoms with Crippen LogP contribution in [0, 0.1) is 6.92 Å². The average Bonchev–Trinajstić information content (AvgIpc) is 3.10. The second-order valence-electron chi connectivity index (χ2n) is 6.46. The third-order valence-electron chi connectivity index (χ3n) is 4.59. The SMILES string of the molecule is CCn1cc(C2=NS(=O)(=O)N(C)C(C(=O)Nc3ccc(OC)c(OC)c3)=C2)c(C)n1. The Morgan fingerprint density at radius 2 is 1.90 bits per heavy atom. The molecule has 1 amide bonds. The van der Waals surface area contributed by atoms with Crippen molar-refractivity contribution in [3.8, 4) is 11.5 Å². The molecule has 0 bridgehead atoms. The van der Waals surface area contributed by atoms with Crippen LogP contribution in [0.1, 0.15) is 18.2 Å². The maximum atomic E-state index is 12.9. The predicted molar refractivity (Wildman–Crippen MR) is 112 cm³/mol. The number of likely N-dealkylation sites (N-methyl/N-ethyl adjacent to an activating group) is 1. The molecule has 0 aliphatic carbocycles. The number of aryl methyl sites for hydroxylation is 2. The second-order valence-corrected chi connectivity index (χ2v) is 8.09. The van der Waals surface area contributed by atoms with E-state index in [2.05, 4.69) is 14.8 Å². The standard InChI is InChI=1S/C19H23N5O5S/c1-6-24-11-14(12(2)21-24)15-10-16(23(3)30(26,27)22-15)19(25)20-13-7-8-17(28-4)18(9-13)29-5/h7-11H,6H2,1-5H3,(H,20,25). The fourth-order valence-corrected chi connectivity index (χ4v) is 3.84. The number of benzene rings is 1. The quantitative estimate of drug-likeness (QED) is 0.742. The van der Waals surface area contributed by atoms with Crippen LogP contribution in [0.2, 0.25) is 0 Å². The first-order chi connectivity index (χ1) is 14.2. The van der Waals surface area contributed by atoms with Crippen LogP contribution >= 0.6 is 0 Å². The maximum Gasteiger partial charge on any atom is 0.345 e. The molecule has 10 nitrogen and oxygen atoms in total. The first-order valence-electron chi connectivity index (χ1n) is 9.08. The van der Waals surface area contributed by atoms with E-state index in [0.29, 0.717) is 35.0 Å². The number of rotatable bonds is 6. The molecule has 0 saturated heterocycles. The normalized spacial score (nSPS) is 15.3. The highest BCUT2D eigenvalue weighted by Crippen LogP contribution is 2.30. The van der Waals surface area contributed by atoms with Crippen molar-refractivity contribution in [3.63, 3.8) is 0 Å². The second kappa shape index (κ2) is 8.19. The fraction of sp³-hybridized carbons (Fsp3) is 0.316. The van der Waals surface area contributed by atoms with Crippen LogP contribution < -0.4 is 14.8 Å². The monoisotopic (exact) mass is 433 g/mol. The third-order valence-corrected chi connectivity index (χ3v) is 5.91. The van der Waals surface area contributed by atoms with Gasteiger partial charge in [-0.05, 0) is 32.1 Å². The predicted octanol–water partition coefficient (Wildman–Crippen LogP) is 1.73. The van der Waals surface area contributed by atoms with Gasteiger partial charge in [0.1, 0.15) is 5.70 Å². The van der Waals surface area contributed by atoms with E-state index in [9.17, 15) is 13.2 Å². The molecular weight excluding hydrogens is 410 g/mol. The average molecular weight is 433 g/mol. The minimum atomic E-state index is -4.07. The molecule has 0 radical (unpaired) electrons. The number of allylic oxidation sites excluding steroid dienone is 1. The summed E-state index contributed by atoms with van der Waals surface area (Å²) >= 11 is 0. The summed E-state index contributed by atoms with van der Waals surface area (Å²) in [6.45, 7) is 4.30. The van der Waals surface area contributed by atoms with Crippen molar-refractivity contribution in [2.24, 2.45) is 4.40 Å². The molecule has 0 fully saturated rings. The van der Waals surface area contributed by atoms with E-state index in [0.717, 1.165) is 4.31 Å². The van der Waals surface area contributed by atoms with Gasteiger partial charge in [0.05, 0.1) is 25.6 Å². The molecule has 1 aliphatic heterocycles. The number of methoxy groups -OCH3 is 2. The summed E-state index contributed by atoms with van der Waals surface area (Å²) < 4.78 is 41.9. The lowest BCUT2D eigenvalue weighted by molar-refractivity contribution is -0.113. The molecule has 1 aliphatic rings. The highest BCUT2D eigenvalue weighted by molar-refractivity contribution is 7.88. The molecule has 30 heavy (non-hydrogen) atoms. The number of carbonyl (C=O) groups is 1. The highest BCUT2D eigenvalue weighted by Gasteiger charge is 2.31. The summed E-state index contributed by atoms with van der Waals surface area (Å²) in [4.78, 5) is 12.9. The minimum Gasteiger partial charge on any atom is -0.493 e. The number of amides is 1. The molecule has 2 heterocycles. The summed E-state index contributed by atoms with van der Waals surface area (Å²) in [5, 5.41) is 7.00. The molecule has 0 atom stereocenters. The van der Waals surface area contributed by atoms with Crippen LogP contribution in [0.5, 0.6) is 11.5 Å². The lowest BCUT2D eigenvalue weighted by Gasteiger charge is -2.23. The molecule has 1 aromatic heterocycles. The number of carbonyl (C=O) groups excluding carboxylic acids is 1. The number of nitrogens with zero attached hydrogens (tertiary/aromatic N) is 4. The first-order valence-corrected chi connectivity index (χ1v) is 10.5. The van der Waals surface area contributed by atoms with Crippen molar-refractivity contribution < 1.29 is 22.7 Å². The van der Waals surface area contributed by atoms with Gasteiger partial charge in [-0.3, -0.25) is 9.48 Å². The van der Waals surface area contributed by atoms with Crippen LogP contribution in [0.25, 0.3) is 0 Å². The summed E-state index contributed by atoms with van der Waals surface area (Å²) in [5.41, 5.74) is 1.67. The molecule has 0 spiro atoms. The molecular formula is C19H23N5O5S. The van der Waals surface area contributed by atoms with Gasteiger partial charge in [0.2, 0.25) is 0 Å². The van der Waals surface area contributed by atoms with E-state index in [1.165, 1.54) is 27.3 Å². The smallest absolute Gasteiger partial charge is 0.345 e. The van der Waals surface area contributed by atoms with E-state index < -0.39 is 16.1 Å². The Morgan fingerprint density at radius 3 is 2.50 bits per heavy atom. The number of hydrogen-bond donors (Lipinski definition) is 1. The zero-order valence-corrected chi connectivity index (χ0v) is 18.1. The number of nitrogens with one attached hydrogen (secondary N) is 1. The van der Waals surface area contributed by atoms with Crippen molar-refractivity contribution in [1.29, 1.82) is 0 Å². The number of anilines is 1. The van der Waals surface area contributed by atoms with Gasteiger partial charge in [0.25, 0.3) is 5.91 Å². The van der Waals surface area contributed by atoms with Crippen LogP contribution in [-0.4, -0.2) is 55.4 Å². The summed E-state index contributed by atoms with van der Waals surface area (Å²) in [6, 6.07) is 4.85. The van der Waals surface area contributed by atoms with Crippen LogP contribution in [-0.2, 0) is 21.5 Å². The zero-order valence-electron chi connectivity index (χ0n) is 17.3. The van der Waals surface area contributed by atoms with Crippen molar-refractivity contribution in [2.45, 2.75) is 20.4 Å². The van der Waals surface area contributed by atoms with Gasteiger partial charge in [-0.1, -0.05) is 0 Å². The van der Waals surface area contributed by atoms with E-state index >= 15 is 0 Å². The molecule has 1 N–H and O–H groups in total. The third kappa shape index (κ3) is 4.01. The largest absolute Gasteiger partial charge is 0.493 e. The zero-order chi connectivity index (χ0) is 22.1. The van der Waals surface area contributed by atoms with Crippen LogP contribution in [0.15, 0.2) is 40.6 Å². The summed E-state index contributed by atoms with van der Waals surface area (Å²) in [7, 11) is 0.191. The minimum absolute atomic E-state index is 0.0709. The van der Waals surface area contributed by atoms with Crippen LogP contribution in [0.3, 0.4) is 0 Å². The van der Waals surface area contributed by atoms with Crippen molar-refractivity contribution >= 4 is 27.5 Å². The number of aromatic nitrogens is 2. The Labute approximate surface area is 175 Å². The lowest BCUT2D eigenvalue weighted by Crippen LogP contribution is -2.35. The van der Waals surface area contributed by atoms with Gasteiger partial charge < -0.3 is 14.8 Å². The highest BCUT2D eigenvalue weighted by atomic mass is 32.2. The molecule has 160 valence electrons. The number of ether oxygens (including phenoxy) is 2. The Bertz CT molecular complexity index is 1150. The van der Waals surface area contributed by atoms with Crippen molar-refractivity contribution in [2.75, 3.05) is 26.6 Å². The first kappa shape index (κ1) is 21.4. The van der Waals surface area contributed by atoms with Gasteiger partial charge in [-0.2, -0.15) is 13.5 Å². The number of hydrogen-bond acceptors (Lipinski definition) is 6. The topological polar surface area (TPSA) is 115 Å². The molecule has 0 unspecified atom stereocenters. The Balaban J connectivity index is 1.97. The van der Waals surface area contributed by atoms with Gasteiger partial charge in [-0.25, -0.2) is 4.31 Å². The molecule has 2 aromatic rings. The maximum absolute atomic E-state index is 12.9. The lowest BCUT2D eigenvalue weighted by atomic mass is 10.1. The van der Waals surface area contributed by atoms with Crippen molar-refractivity contribution in [3.05, 3.63) is 47.4 Å². The molecule has 0 saturated carbocycles. The van der Waals surface area contributed by atoms with E-state index in [1.807, 2.05) is 6.92 Å². The van der Waals surface area contributed by atoms with Crippen LogP contribution in [0.4, 0.5) is 5.69 Å². The van der Waals surface area contributed by atoms with Gasteiger partial charge in [0.15, 0.2) is 11.5 Å². The Morgan fingerprint density at radius 1 is 1.20 bits per heavy atom. The van der Waals surface area contributed by atoms with Gasteiger partial charge in [0, 0.05) is 37.1 Å². The molecule has 1 aromatic carbocycles. The van der Waals surface area contributed by atoms with E-state index in [1.54, 1.807) is 36.0 Å².